The summed E-state index contributed by atoms with van der Waals surface area (Å²) in [7, 11) is 0. The van der Waals surface area contributed by atoms with E-state index in [4.69, 9.17) is 28.9 Å². The van der Waals surface area contributed by atoms with Crippen LogP contribution < -0.4 is 16.3 Å². The van der Waals surface area contributed by atoms with Gasteiger partial charge < -0.3 is 15.5 Å². The monoisotopic (exact) mass is 501 g/mol. The van der Waals surface area contributed by atoms with Gasteiger partial charge in [-0.25, -0.2) is 4.79 Å². The topological polar surface area (TPSA) is 76.5 Å². The largest absolute Gasteiger partial charge is 0.333 e. The number of likely N-dealkylation sites (tertiary alicyclic amines) is 1. The number of aromatic nitrogens is 2. The Balaban J connectivity index is 1.45. The molecule has 9 heteroatoms. The molecule has 7 nitrogen and oxygen atoms in total. The summed E-state index contributed by atoms with van der Waals surface area (Å²) in [6, 6.07) is 13.0. The van der Waals surface area contributed by atoms with Gasteiger partial charge in [0.15, 0.2) is 0 Å². The third-order valence-electron chi connectivity index (χ3n) is 6.40. The fraction of sp³-hybridized carbons (Fsp3) is 0.360. The molecule has 2 N–H and O–H groups in total. The molecule has 1 aromatic heterocycles. The van der Waals surface area contributed by atoms with Gasteiger partial charge in [0.2, 0.25) is 5.91 Å². The van der Waals surface area contributed by atoms with E-state index in [1.165, 1.54) is 0 Å². The molecule has 1 fully saturated rings. The van der Waals surface area contributed by atoms with Gasteiger partial charge in [0.25, 0.3) is 0 Å². The van der Waals surface area contributed by atoms with E-state index in [0.29, 0.717) is 28.0 Å². The van der Waals surface area contributed by atoms with Crippen molar-refractivity contribution in [3.05, 3.63) is 69.6 Å². The van der Waals surface area contributed by atoms with E-state index in [1.807, 2.05) is 35.8 Å². The Hall–Kier alpha value is -2.58. The van der Waals surface area contributed by atoms with Crippen LogP contribution in [0.3, 0.4) is 0 Å². The summed E-state index contributed by atoms with van der Waals surface area (Å²) >= 11 is 12.3. The van der Waals surface area contributed by atoms with E-state index in [1.54, 1.807) is 27.7 Å². The number of imidazole rings is 1. The molecule has 3 aromatic rings. The Morgan fingerprint density at radius 2 is 1.76 bits per heavy atom. The quantitative estimate of drug-likeness (QED) is 0.529. The van der Waals surface area contributed by atoms with Gasteiger partial charge in [-0.3, -0.25) is 13.9 Å². The van der Waals surface area contributed by atoms with Crippen molar-refractivity contribution in [3.8, 4) is 0 Å². The van der Waals surface area contributed by atoms with Gasteiger partial charge in [-0.05, 0) is 50.1 Å². The number of hydrogen-bond donors (Lipinski definition) is 1. The predicted molar refractivity (Wildman–Crippen MR) is 140 cm³/mol. The number of carbonyl (C=O) groups is 1. The highest BCUT2D eigenvalue weighted by Gasteiger charge is 2.29. The number of anilines is 1. The van der Waals surface area contributed by atoms with Crippen LogP contribution >= 0.6 is 23.2 Å². The molecule has 1 aliphatic heterocycles. The third-order valence-corrected chi connectivity index (χ3v) is 7.14. The SMILES string of the molecule is C=C(C)n1c(=O)n(CCN2CCC(N(C(=O)CN)c3ccc(Cl)c(Cl)c3)CC2)c2ccccc21. The summed E-state index contributed by atoms with van der Waals surface area (Å²) in [5.41, 5.74) is 8.83. The Morgan fingerprint density at radius 3 is 2.38 bits per heavy atom. The van der Waals surface area contributed by atoms with Crippen LogP contribution in [0.2, 0.25) is 10.0 Å². The van der Waals surface area contributed by atoms with Gasteiger partial charge in [-0.2, -0.15) is 0 Å². The molecular weight excluding hydrogens is 473 g/mol. The number of nitrogens with two attached hydrogens (primary N) is 1. The first-order valence-corrected chi connectivity index (χ1v) is 12.1. The van der Waals surface area contributed by atoms with E-state index >= 15 is 0 Å². The van der Waals surface area contributed by atoms with Crippen molar-refractivity contribution in [2.45, 2.75) is 32.4 Å². The molecule has 0 unspecified atom stereocenters. The van der Waals surface area contributed by atoms with Gasteiger partial charge in [0.05, 0.1) is 27.6 Å². The lowest BCUT2D eigenvalue weighted by molar-refractivity contribution is -0.118. The lowest BCUT2D eigenvalue weighted by Gasteiger charge is -2.38. The van der Waals surface area contributed by atoms with Crippen molar-refractivity contribution in [2.75, 3.05) is 31.1 Å². The fourth-order valence-corrected chi connectivity index (χ4v) is 5.02. The molecule has 0 saturated carbocycles. The van der Waals surface area contributed by atoms with E-state index in [0.717, 1.165) is 43.5 Å². The van der Waals surface area contributed by atoms with Crippen molar-refractivity contribution < 1.29 is 4.79 Å². The average molecular weight is 502 g/mol. The highest BCUT2D eigenvalue weighted by molar-refractivity contribution is 6.42. The van der Waals surface area contributed by atoms with Crippen LogP contribution in [0.1, 0.15) is 19.8 Å². The number of amides is 1. The maximum absolute atomic E-state index is 13.0. The minimum absolute atomic E-state index is 0.0255. The predicted octanol–water partition coefficient (Wildman–Crippen LogP) is 4.06. The van der Waals surface area contributed by atoms with Gasteiger partial charge in [0, 0.05) is 43.6 Å². The zero-order chi connectivity index (χ0) is 24.4. The molecule has 0 radical (unpaired) electrons. The second-order valence-electron chi connectivity index (χ2n) is 8.63. The number of allylic oxidation sites excluding steroid dienone is 1. The number of para-hydroxylation sites is 2. The number of carbonyl (C=O) groups excluding carboxylic acids is 1. The Bertz CT molecular complexity index is 1270. The first-order valence-electron chi connectivity index (χ1n) is 11.4. The molecule has 2 aromatic carbocycles. The Kier molecular flexibility index (Phi) is 7.48. The highest BCUT2D eigenvalue weighted by atomic mass is 35.5. The summed E-state index contributed by atoms with van der Waals surface area (Å²) in [4.78, 5) is 29.8. The third kappa shape index (κ3) is 4.79. The molecule has 0 bridgehead atoms. The smallest absolute Gasteiger partial charge is 0.322 e. The Morgan fingerprint density at radius 1 is 1.09 bits per heavy atom. The molecule has 0 aliphatic carbocycles. The van der Waals surface area contributed by atoms with Crippen LogP contribution in [0.15, 0.2) is 53.8 Å². The molecular formula is C25H29Cl2N5O2. The van der Waals surface area contributed by atoms with Crippen molar-refractivity contribution in [1.82, 2.24) is 14.0 Å². The molecule has 0 spiro atoms. The standard InChI is InChI=1S/C25H29Cl2N5O2/c1-17(2)31-23-6-4-3-5-22(23)30(25(31)34)14-13-29-11-9-18(10-12-29)32(24(33)16-28)19-7-8-20(26)21(27)15-19/h3-8,15,18H,1,9-14,16,28H2,2H3. The molecule has 1 saturated heterocycles. The number of nitrogens with zero attached hydrogens (tertiary/aromatic N) is 4. The van der Waals surface area contributed by atoms with E-state index < -0.39 is 0 Å². The summed E-state index contributed by atoms with van der Waals surface area (Å²) in [5.74, 6) is -0.143. The van der Waals surface area contributed by atoms with Crippen molar-refractivity contribution >= 4 is 51.5 Å². The summed E-state index contributed by atoms with van der Waals surface area (Å²) in [6.07, 6.45) is 1.60. The number of hydrogen-bond acceptors (Lipinski definition) is 4. The van der Waals surface area contributed by atoms with Crippen molar-refractivity contribution in [2.24, 2.45) is 5.73 Å². The normalized spacial score (nSPS) is 15.1. The summed E-state index contributed by atoms with van der Waals surface area (Å²) < 4.78 is 3.48. The number of piperidine rings is 1. The first-order chi connectivity index (χ1) is 16.3. The number of fused-ring (bicyclic) bond motifs is 1. The Labute approximate surface area is 208 Å². The summed E-state index contributed by atoms with van der Waals surface area (Å²) in [6.45, 7) is 8.69. The second kappa shape index (κ2) is 10.4. The van der Waals surface area contributed by atoms with Gasteiger partial charge in [-0.1, -0.05) is 41.9 Å². The van der Waals surface area contributed by atoms with E-state index in [9.17, 15) is 9.59 Å². The lowest BCUT2D eigenvalue weighted by atomic mass is 10.0. The van der Waals surface area contributed by atoms with Crippen molar-refractivity contribution in [1.29, 1.82) is 0 Å². The molecule has 2 heterocycles. The van der Waals surface area contributed by atoms with Gasteiger partial charge in [-0.15, -0.1) is 0 Å². The zero-order valence-electron chi connectivity index (χ0n) is 19.2. The number of rotatable bonds is 7. The lowest BCUT2D eigenvalue weighted by Crippen LogP contribution is -2.50. The van der Waals surface area contributed by atoms with Crippen LogP contribution in [-0.2, 0) is 11.3 Å². The molecule has 1 aliphatic rings. The van der Waals surface area contributed by atoms with Crippen LogP contribution in [-0.4, -0.2) is 52.2 Å². The maximum atomic E-state index is 13.0. The molecule has 180 valence electrons. The minimum Gasteiger partial charge on any atom is -0.322 e. The van der Waals surface area contributed by atoms with Crippen molar-refractivity contribution in [3.63, 3.8) is 0 Å². The second-order valence-corrected chi connectivity index (χ2v) is 9.45. The highest BCUT2D eigenvalue weighted by Crippen LogP contribution is 2.30. The zero-order valence-corrected chi connectivity index (χ0v) is 20.7. The molecule has 1 amide bonds. The molecule has 0 atom stereocenters. The number of benzene rings is 2. The van der Waals surface area contributed by atoms with Crippen LogP contribution in [0.25, 0.3) is 16.7 Å². The average Bonchev–Trinajstić information content (AvgIpc) is 3.12. The van der Waals surface area contributed by atoms with Crippen LogP contribution in [0.4, 0.5) is 5.69 Å². The van der Waals surface area contributed by atoms with Crippen LogP contribution in [0, 0.1) is 0 Å². The van der Waals surface area contributed by atoms with Gasteiger partial charge >= 0.3 is 5.69 Å². The fourth-order valence-electron chi connectivity index (χ4n) is 4.73. The minimum atomic E-state index is -0.143. The molecule has 34 heavy (non-hydrogen) atoms. The van der Waals surface area contributed by atoms with Crippen LogP contribution in [0.5, 0.6) is 0 Å². The van der Waals surface area contributed by atoms with Gasteiger partial charge in [0.1, 0.15) is 0 Å². The summed E-state index contributed by atoms with van der Waals surface area (Å²) in [5, 5.41) is 0.856. The maximum Gasteiger partial charge on any atom is 0.333 e. The molecule has 4 rings (SSSR count). The number of halogens is 2. The van der Waals surface area contributed by atoms with E-state index in [-0.39, 0.29) is 24.2 Å². The van der Waals surface area contributed by atoms with E-state index in [2.05, 4.69) is 11.5 Å². The first kappa shape index (κ1) is 24.5.